The van der Waals surface area contributed by atoms with Crippen LogP contribution in [0.5, 0.6) is 0 Å². The number of rotatable bonds is 2. The van der Waals surface area contributed by atoms with Crippen LogP contribution in [0.15, 0.2) is 48.5 Å². The van der Waals surface area contributed by atoms with Gasteiger partial charge in [0.2, 0.25) is 11.8 Å². The van der Waals surface area contributed by atoms with Crippen LogP contribution in [0.25, 0.3) is 22.0 Å². The minimum absolute atomic E-state index is 0.163. The lowest BCUT2D eigenvalue weighted by Crippen LogP contribution is -2.52. The SMILES string of the molecule is Cc1nc(-c2ccc3c(c2)CN(C2CCC(=O)NC2=O)C3=O)cc2ccccc12. The minimum Gasteiger partial charge on any atom is -0.322 e. The molecule has 3 heterocycles. The summed E-state index contributed by atoms with van der Waals surface area (Å²) < 4.78 is 0. The number of imide groups is 1. The van der Waals surface area contributed by atoms with Gasteiger partial charge in [0.05, 0.1) is 5.69 Å². The normalized spacial score (nSPS) is 18.9. The molecule has 29 heavy (non-hydrogen) atoms. The fourth-order valence-corrected chi connectivity index (χ4v) is 4.25. The van der Waals surface area contributed by atoms with Crippen molar-refractivity contribution in [2.45, 2.75) is 32.4 Å². The van der Waals surface area contributed by atoms with Crippen LogP contribution in [0.2, 0.25) is 0 Å². The summed E-state index contributed by atoms with van der Waals surface area (Å²) in [6, 6.07) is 15.3. The van der Waals surface area contributed by atoms with Crippen molar-refractivity contribution in [3.63, 3.8) is 0 Å². The molecule has 2 aliphatic rings. The molecule has 144 valence electrons. The van der Waals surface area contributed by atoms with Gasteiger partial charge < -0.3 is 4.90 Å². The van der Waals surface area contributed by atoms with Crippen LogP contribution in [-0.2, 0) is 16.1 Å². The number of hydrogen-bond donors (Lipinski definition) is 1. The van der Waals surface area contributed by atoms with Crippen LogP contribution < -0.4 is 5.32 Å². The lowest BCUT2D eigenvalue weighted by Gasteiger charge is -2.29. The Morgan fingerprint density at radius 3 is 2.72 bits per heavy atom. The highest BCUT2D eigenvalue weighted by Crippen LogP contribution is 2.32. The van der Waals surface area contributed by atoms with Gasteiger partial charge in [0.1, 0.15) is 6.04 Å². The Labute approximate surface area is 167 Å². The average molecular weight is 385 g/mol. The molecule has 3 amide bonds. The van der Waals surface area contributed by atoms with Crippen LogP contribution in [0.1, 0.15) is 34.5 Å². The molecule has 1 saturated heterocycles. The first kappa shape index (κ1) is 17.6. The first-order valence-electron chi connectivity index (χ1n) is 9.65. The monoisotopic (exact) mass is 385 g/mol. The first-order chi connectivity index (χ1) is 14.0. The maximum atomic E-state index is 12.8. The molecule has 1 unspecified atom stereocenters. The van der Waals surface area contributed by atoms with Gasteiger partial charge in [0, 0.05) is 35.2 Å². The van der Waals surface area contributed by atoms with Gasteiger partial charge in [-0.05, 0) is 42.5 Å². The number of aromatic nitrogens is 1. The predicted molar refractivity (Wildman–Crippen MR) is 108 cm³/mol. The summed E-state index contributed by atoms with van der Waals surface area (Å²) in [6.07, 6.45) is 0.616. The Hall–Kier alpha value is -3.54. The van der Waals surface area contributed by atoms with E-state index in [4.69, 9.17) is 4.98 Å². The van der Waals surface area contributed by atoms with Crippen molar-refractivity contribution < 1.29 is 14.4 Å². The molecule has 3 aromatic rings. The second kappa shape index (κ2) is 6.51. The molecule has 2 aliphatic heterocycles. The molecule has 0 aliphatic carbocycles. The van der Waals surface area contributed by atoms with E-state index in [9.17, 15) is 14.4 Å². The summed E-state index contributed by atoms with van der Waals surface area (Å²) in [6.45, 7) is 2.36. The molecule has 0 bridgehead atoms. The van der Waals surface area contributed by atoms with E-state index >= 15 is 0 Å². The molecule has 1 N–H and O–H groups in total. The van der Waals surface area contributed by atoms with E-state index in [1.165, 1.54) is 0 Å². The number of amides is 3. The molecule has 0 spiro atoms. The lowest BCUT2D eigenvalue weighted by molar-refractivity contribution is -0.136. The van der Waals surface area contributed by atoms with Gasteiger partial charge in [0.15, 0.2) is 0 Å². The van der Waals surface area contributed by atoms with E-state index in [1.807, 2.05) is 37.3 Å². The minimum atomic E-state index is -0.600. The summed E-state index contributed by atoms with van der Waals surface area (Å²) in [5.41, 5.74) is 4.24. The van der Waals surface area contributed by atoms with Gasteiger partial charge in [-0.3, -0.25) is 24.7 Å². The molecule has 6 nitrogen and oxygen atoms in total. The molecular formula is C23H19N3O3. The van der Waals surface area contributed by atoms with E-state index in [-0.39, 0.29) is 18.2 Å². The quantitative estimate of drug-likeness (QED) is 0.688. The maximum Gasteiger partial charge on any atom is 0.255 e. The van der Waals surface area contributed by atoms with E-state index in [1.54, 1.807) is 4.90 Å². The van der Waals surface area contributed by atoms with Crippen LogP contribution in [0, 0.1) is 6.92 Å². The van der Waals surface area contributed by atoms with Crippen molar-refractivity contribution in [1.29, 1.82) is 0 Å². The predicted octanol–water partition coefficient (Wildman–Crippen LogP) is 2.97. The van der Waals surface area contributed by atoms with Gasteiger partial charge in [-0.25, -0.2) is 0 Å². The zero-order chi connectivity index (χ0) is 20.1. The smallest absolute Gasteiger partial charge is 0.255 e. The Kier molecular flexibility index (Phi) is 3.94. The van der Waals surface area contributed by atoms with Crippen molar-refractivity contribution >= 4 is 28.5 Å². The van der Waals surface area contributed by atoms with Crippen molar-refractivity contribution in [2.24, 2.45) is 0 Å². The second-order valence-corrected chi connectivity index (χ2v) is 7.59. The standard InChI is InChI=1S/C23H19N3O3/c1-13-17-5-3-2-4-14(17)11-19(24-13)15-6-7-18-16(10-15)12-26(23(18)29)20-8-9-21(27)25-22(20)28/h2-7,10-11,20H,8-9,12H2,1H3,(H,25,27,28). The summed E-state index contributed by atoms with van der Waals surface area (Å²) in [4.78, 5) is 42.8. The van der Waals surface area contributed by atoms with E-state index in [0.717, 1.165) is 33.3 Å². The van der Waals surface area contributed by atoms with E-state index in [0.29, 0.717) is 18.5 Å². The van der Waals surface area contributed by atoms with E-state index < -0.39 is 11.9 Å². The molecule has 0 saturated carbocycles. The van der Waals surface area contributed by atoms with Crippen molar-refractivity contribution in [3.05, 3.63) is 65.4 Å². The topological polar surface area (TPSA) is 79.4 Å². The van der Waals surface area contributed by atoms with Crippen molar-refractivity contribution in [2.75, 3.05) is 0 Å². The number of pyridine rings is 1. The highest BCUT2D eigenvalue weighted by Gasteiger charge is 2.39. The summed E-state index contributed by atoms with van der Waals surface area (Å²) in [5.74, 6) is -0.839. The Bertz CT molecular complexity index is 1200. The number of carbonyl (C=O) groups is 3. The fraction of sp³-hybridized carbons (Fsp3) is 0.217. The summed E-state index contributed by atoms with van der Waals surface area (Å²) in [7, 11) is 0. The molecule has 1 fully saturated rings. The second-order valence-electron chi connectivity index (χ2n) is 7.59. The molecule has 6 heteroatoms. The number of nitrogens with one attached hydrogen (secondary N) is 1. The third-order valence-electron chi connectivity index (χ3n) is 5.75. The highest BCUT2D eigenvalue weighted by atomic mass is 16.2. The zero-order valence-corrected chi connectivity index (χ0v) is 15.9. The van der Waals surface area contributed by atoms with E-state index in [2.05, 4.69) is 23.5 Å². The summed E-state index contributed by atoms with van der Waals surface area (Å²) in [5, 5.41) is 4.58. The Morgan fingerprint density at radius 1 is 1.07 bits per heavy atom. The molecule has 2 aromatic carbocycles. The third-order valence-corrected chi connectivity index (χ3v) is 5.75. The number of hydrogen-bond acceptors (Lipinski definition) is 4. The lowest BCUT2D eigenvalue weighted by atomic mass is 10.0. The molecule has 0 radical (unpaired) electrons. The molecule has 1 atom stereocenters. The van der Waals surface area contributed by atoms with Gasteiger partial charge >= 0.3 is 0 Å². The highest BCUT2D eigenvalue weighted by molar-refractivity contribution is 6.05. The number of piperidine rings is 1. The number of nitrogens with zero attached hydrogens (tertiary/aromatic N) is 2. The zero-order valence-electron chi connectivity index (χ0n) is 15.9. The van der Waals surface area contributed by atoms with Crippen LogP contribution in [-0.4, -0.2) is 33.6 Å². The maximum absolute atomic E-state index is 12.8. The fourth-order valence-electron chi connectivity index (χ4n) is 4.25. The van der Waals surface area contributed by atoms with Crippen LogP contribution in [0.3, 0.4) is 0 Å². The summed E-state index contributed by atoms with van der Waals surface area (Å²) >= 11 is 0. The Balaban J connectivity index is 1.49. The molecule has 1 aromatic heterocycles. The number of fused-ring (bicyclic) bond motifs is 2. The largest absolute Gasteiger partial charge is 0.322 e. The number of benzene rings is 2. The van der Waals surface area contributed by atoms with Gasteiger partial charge in [0.25, 0.3) is 5.91 Å². The van der Waals surface area contributed by atoms with Gasteiger partial charge in [-0.15, -0.1) is 0 Å². The average Bonchev–Trinajstić information content (AvgIpc) is 3.04. The third kappa shape index (κ3) is 2.88. The van der Waals surface area contributed by atoms with Crippen molar-refractivity contribution in [3.8, 4) is 11.3 Å². The Morgan fingerprint density at radius 2 is 1.90 bits per heavy atom. The number of aryl methyl sites for hydroxylation is 1. The molecule has 5 rings (SSSR count). The number of carbonyl (C=O) groups excluding carboxylic acids is 3. The molecular weight excluding hydrogens is 366 g/mol. The van der Waals surface area contributed by atoms with Gasteiger partial charge in [-0.1, -0.05) is 30.3 Å². The van der Waals surface area contributed by atoms with Crippen LogP contribution in [0.4, 0.5) is 0 Å². The van der Waals surface area contributed by atoms with Crippen molar-refractivity contribution in [1.82, 2.24) is 15.2 Å². The van der Waals surface area contributed by atoms with Crippen LogP contribution >= 0.6 is 0 Å². The van der Waals surface area contributed by atoms with Gasteiger partial charge in [-0.2, -0.15) is 0 Å². The first-order valence-corrected chi connectivity index (χ1v) is 9.65.